The lowest BCUT2D eigenvalue weighted by Gasteiger charge is -2.37. The third-order valence-corrected chi connectivity index (χ3v) is 4.47. The number of aliphatic imine (C=N–C) groups is 1. The fourth-order valence-electron chi connectivity index (χ4n) is 3.20. The van der Waals surface area contributed by atoms with Crippen LogP contribution in [0.3, 0.4) is 0 Å². The zero-order valence-electron chi connectivity index (χ0n) is 12.0. The summed E-state index contributed by atoms with van der Waals surface area (Å²) >= 11 is 0. The highest BCUT2D eigenvalue weighted by atomic mass is 14.8. The van der Waals surface area contributed by atoms with Crippen LogP contribution in [0.1, 0.15) is 37.3 Å². The molecule has 1 aliphatic rings. The minimum atomic E-state index is 0.0567. The van der Waals surface area contributed by atoms with Gasteiger partial charge in [-0.25, -0.2) is 0 Å². The average molecular weight is 263 g/mol. The molecule has 1 heteroatoms. The molecule has 1 heterocycles. The summed E-state index contributed by atoms with van der Waals surface area (Å²) < 4.78 is 0. The van der Waals surface area contributed by atoms with Crippen LogP contribution in [0.15, 0.2) is 65.7 Å². The lowest BCUT2D eigenvalue weighted by atomic mass is 9.69. The van der Waals surface area contributed by atoms with E-state index in [4.69, 9.17) is 4.99 Å². The predicted molar refractivity (Wildman–Crippen MR) is 85.5 cm³/mol. The monoisotopic (exact) mass is 263 g/mol. The number of nitrogens with zero attached hydrogens (tertiary/aromatic N) is 1. The number of benzene rings is 2. The van der Waals surface area contributed by atoms with Crippen LogP contribution in [0.5, 0.6) is 0 Å². The van der Waals surface area contributed by atoms with Gasteiger partial charge in [0.2, 0.25) is 0 Å². The molecular formula is C19H21N. The van der Waals surface area contributed by atoms with Crippen LogP contribution < -0.4 is 0 Å². The molecule has 0 saturated carbocycles. The van der Waals surface area contributed by atoms with E-state index in [1.807, 2.05) is 0 Å². The molecule has 20 heavy (non-hydrogen) atoms. The van der Waals surface area contributed by atoms with Gasteiger partial charge < -0.3 is 0 Å². The van der Waals surface area contributed by atoms with Crippen molar-refractivity contribution < 1.29 is 0 Å². The standard InChI is InChI=1S/C19H21N/c1-2-18-13-14-19(15-20-18,16-9-5-3-6-10-16)17-11-7-4-8-12-17/h3-12H,2,13-15H2,1H3. The molecular weight excluding hydrogens is 242 g/mol. The minimum Gasteiger partial charge on any atom is -0.293 e. The summed E-state index contributed by atoms with van der Waals surface area (Å²) in [6.07, 6.45) is 3.35. The van der Waals surface area contributed by atoms with Crippen molar-refractivity contribution in [3.05, 3.63) is 71.8 Å². The van der Waals surface area contributed by atoms with Gasteiger partial charge in [-0.2, -0.15) is 0 Å². The molecule has 0 bridgehead atoms. The van der Waals surface area contributed by atoms with Gasteiger partial charge in [-0.1, -0.05) is 67.6 Å². The van der Waals surface area contributed by atoms with E-state index in [0.29, 0.717) is 0 Å². The van der Waals surface area contributed by atoms with Gasteiger partial charge in [-0.15, -0.1) is 0 Å². The van der Waals surface area contributed by atoms with Crippen LogP contribution >= 0.6 is 0 Å². The van der Waals surface area contributed by atoms with Crippen molar-refractivity contribution in [2.75, 3.05) is 6.54 Å². The van der Waals surface area contributed by atoms with Gasteiger partial charge in [0, 0.05) is 11.1 Å². The molecule has 1 nitrogen and oxygen atoms in total. The van der Waals surface area contributed by atoms with Gasteiger partial charge in [0.15, 0.2) is 0 Å². The molecule has 1 aliphatic heterocycles. The van der Waals surface area contributed by atoms with Gasteiger partial charge in [-0.3, -0.25) is 4.99 Å². The van der Waals surface area contributed by atoms with E-state index in [2.05, 4.69) is 67.6 Å². The molecule has 102 valence electrons. The van der Waals surface area contributed by atoms with Crippen LogP contribution in [0.4, 0.5) is 0 Å². The molecule has 0 aliphatic carbocycles. The highest BCUT2D eigenvalue weighted by Gasteiger charge is 2.36. The largest absolute Gasteiger partial charge is 0.293 e. The molecule has 0 unspecified atom stereocenters. The first kappa shape index (κ1) is 13.1. The summed E-state index contributed by atoms with van der Waals surface area (Å²) in [5.41, 5.74) is 4.21. The van der Waals surface area contributed by atoms with Gasteiger partial charge in [0.25, 0.3) is 0 Å². The summed E-state index contributed by atoms with van der Waals surface area (Å²) in [5.74, 6) is 0. The van der Waals surface area contributed by atoms with Crippen molar-refractivity contribution in [3.8, 4) is 0 Å². The van der Waals surface area contributed by atoms with E-state index in [0.717, 1.165) is 25.8 Å². The van der Waals surface area contributed by atoms with Crippen molar-refractivity contribution in [2.45, 2.75) is 31.6 Å². The van der Waals surface area contributed by atoms with E-state index < -0.39 is 0 Å². The smallest absolute Gasteiger partial charge is 0.0526 e. The Balaban J connectivity index is 2.08. The lowest BCUT2D eigenvalue weighted by molar-refractivity contribution is 0.474. The van der Waals surface area contributed by atoms with E-state index in [-0.39, 0.29) is 5.41 Å². The van der Waals surface area contributed by atoms with Crippen molar-refractivity contribution in [1.82, 2.24) is 0 Å². The van der Waals surface area contributed by atoms with Crippen LogP contribution in [0, 0.1) is 0 Å². The Morgan fingerprint density at radius 2 is 1.45 bits per heavy atom. The van der Waals surface area contributed by atoms with Crippen LogP contribution in [-0.4, -0.2) is 12.3 Å². The molecule has 0 radical (unpaired) electrons. The van der Waals surface area contributed by atoms with Gasteiger partial charge in [0.1, 0.15) is 0 Å². The molecule has 0 N–H and O–H groups in total. The highest BCUT2D eigenvalue weighted by Crippen LogP contribution is 2.39. The normalized spacial score (nSPS) is 17.6. The Morgan fingerprint density at radius 1 is 0.900 bits per heavy atom. The molecule has 0 amide bonds. The van der Waals surface area contributed by atoms with Crippen LogP contribution in [-0.2, 0) is 5.41 Å². The second kappa shape index (κ2) is 5.62. The number of hydrogen-bond acceptors (Lipinski definition) is 1. The summed E-state index contributed by atoms with van der Waals surface area (Å²) in [7, 11) is 0. The summed E-state index contributed by atoms with van der Waals surface area (Å²) in [4.78, 5) is 4.87. The molecule has 2 aromatic carbocycles. The first-order valence-corrected chi connectivity index (χ1v) is 7.48. The summed E-state index contributed by atoms with van der Waals surface area (Å²) in [6, 6.07) is 21.7. The Kier molecular flexibility index (Phi) is 3.68. The minimum absolute atomic E-state index is 0.0567. The fourth-order valence-corrected chi connectivity index (χ4v) is 3.20. The first-order valence-electron chi connectivity index (χ1n) is 7.48. The molecule has 0 aromatic heterocycles. The predicted octanol–water partition coefficient (Wildman–Crippen LogP) is 4.62. The highest BCUT2D eigenvalue weighted by molar-refractivity contribution is 5.85. The third kappa shape index (κ3) is 2.29. The van der Waals surface area contributed by atoms with E-state index in [9.17, 15) is 0 Å². The van der Waals surface area contributed by atoms with Crippen molar-refractivity contribution >= 4 is 5.71 Å². The quantitative estimate of drug-likeness (QED) is 0.766. The maximum atomic E-state index is 4.87. The molecule has 0 saturated heterocycles. The Morgan fingerprint density at radius 3 is 1.85 bits per heavy atom. The Labute approximate surface area is 121 Å². The SMILES string of the molecule is CCC1=NCC(c2ccccc2)(c2ccccc2)CC1. The van der Waals surface area contributed by atoms with Gasteiger partial charge >= 0.3 is 0 Å². The van der Waals surface area contributed by atoms with Crippen molar-refractivity contribution in [3.63, 3.8) is 0 Å². The molecule has 0 fully saturated rings. The third-order valence-electron chi connectivity index (χ3n) is 4.47. The fraction of sp³-hybridized carbons (Fsp3) is 0.316. The second-order valence-electron chi connectivity index (χ2n) is 5.55. The first-order chi connectivity index (χ1) is 9.85. The van der Waals surface area contributed by atoms with E-state index in [1.54, 1.807) is 0 Å². The van der Waals surface area contributed by atoms with Crippen molar-refractivity contribution in [2.24, 2.45) is 4.99 Å². The topological polar surface area (TPSA) is 12.4 Å². The lowest BCUT2D eigenvalue weighted by Crippen LogP contribution is -2.35. The molecule has 0 spiro atoms. The number of hydrogen-bond donors (Lipinski definition) is 0. The van der Waals surface area contributed by atoms with E-state index in [1.165, 1.54) is 16.8 Å². The molecule has 0 atom stereocenters. The Hall–Kier alpha value is -1.89. The van der Waals surface area contributed by atoms with Crippen molar-refractivity contribution in [1.29, 1.82) is 0 Å². The molecule has 3 rings (SSSR count). The Bertz CT molecular complexity index is 544. The zero-order chi connectivity index (χ0) is 13.8. The van der Waals surface area contributed by atoms with E-state index >= 15 is 0 Å². The maximum absolute atomic E-state index is 4.87. The van der Waals surface area contributed by atoms with Crippen LogP contribution in [0.2, 0.25) is 0 Å². The maximum Gasteiger partial charge on any atom is 0.0526 e. The van der Waals surface area contributed by atoms with Gasteiger partial charge in [-0.05, 0) is 30.4 Å². The average Bonchev–Trinajstić information content (AvgIpc) is 2.56. The second-order valence-corrected chi connectivity index (χ2v) is 5.55. The van der Waals surface area contributed by atoms with Gasteiger partial charge in [0.05, 0.1) is 6.54 Å². The number of rotatable bonds is 3. The van der Waals surface area contributed by atoms with Crippen LogP contribution in [0.25, 0.3) is 0 Å². The molecule has 2 aromatic rings. The summed E-state index contributed by atoms with van der Waals surface area (Å²) in [6.45, 7) is 3.08. The zero-order valence-corrected chi connectivity index (χ0v) is 12.0. The summed E-state index contributed by atoms with van der Waals surface area (Å²) in [5, 5.41) is 0.